The lowest BCUT2D eigenvalue weighted by molar-refractivity contribution is 0.926. The maximum atomic E-state index is 5.88. The highest BCUT2D eigenvalue weighted by Crippen LogP contribution is 2.53. The smallest absolute Gasteiger partial charge is 0.0374 e. The van der Waals surface area contributed by atoms with Gasteiger partial charge in [-0.3, -0.25) is 0 Å². The molecule has 41 heavy (non-hydrogen) atoms. The molecule has 1 aliphatic rings. The number of hydrogen-bond acceptors (Lipinski definition) is 2. The van der Waals surface area contributed by atoms with E-state index in [0.717, 1.165) is 5.69 Å². The lowest BCUT2D eigenvalue weighted by Crippen LogP contribution is -2.11. The van der Waals surface area contributed by atoms with Gasteiger partial charge in [0.2, 0.25) is 0 Å². The summed E-state index contributed by atoms with van der Waals surface area (Å²) in [6.45, 7) is 0. The van der Waals surface area contributed by atoms with Crippen molar-refractivity contribution in [3.63, 3.8) is 0 Å². The molecule has 0 radical (unpaired) electrons. The minimum atomic E-state index is 0.153. The fourth-order valence-electron chi connectivity index (χ4n) is 6.32. The van der Waals surface area contributed by atoms with E-state index in [2.05, 4.69) is 133 Å². The summed E-state index contributed by atoms with van der Waals surface area (Å²) in [7, 11) is 0. The molecule has 7 aromatic carbocycles. The predicted molar refractivity (Wildman–Crippen MR) is 175 cm³/mol. The van der Waals surface area contributed by atoms with Crippen molar-refractivity contribution >= 4 is 39.0 Å². The Hall–Kier alpha value is -4.79. The first-order valence-corrected chi connectivity index (χ1v) is 14.8. The van der Waals surface area contributed by atoms with Gasteiger partial charge < -0.3 is 5.73 Å². The summed E-state index contributed by atoms with van der Waals surface area (Å²) < 4.78 is 0. The fraction of sp³-hybridized carbons (Fsp3) is 0.0256. The van der Waals surface area contributed by atoms with E-state index in [4.69, 9.17) is 5.73 Å². The maximum absolute atomic E-state index is 5.88. The molecular formula is C39H27NS. The normalized spacial score (nSPS) is 12.8. The largest absolute Gasteiger partial charge is 0.399 e. The zero-order valence-electron chi connectivity index (χ0n) is 22.4. The van der Waals surface area contributed by atoms with Crippen LogP contribution in [-0.4, -0.2) is 0 Å². The lowest BCUT2D eigenvalue weighted by Gasteiger charge is -2.31. The van der Waals surface area contributed by atoms with Crippen LogP contribution in [0.15, 0.2) is 155 Å². The first-order chi connectivity index (χ1) is 20.2. The number of anilines is 1. The molecule has 0 aromatic heterocycles. The molecule has 2 heteroatoms. The van der Waals surface area contributed by atoms with E-state index in [1.54, 1.807) is 0 Å². The lowest BCUT2D eigenvalue weighted by atomic mass is 9.80. The predicted octanol–water partition coefficient (Wildman–Crippen LogP) is 10.6. The van der Waals surface area contributed by atoms with E-state index >= 15 is 0 Å². The molecule has 0 amide bonds. The molecule has 0 saturated heterocycles. The first-order valence-electron chi connectivity index (χ1n) is 14.0. The molecule has 1 aliphatic heterocycles. The highest BCUT2D eigenvalue weighted by Gasteiger charge is 2.31. The highest BCUT2D eigenvalue weighted by molar-refractivity contribution is 7.99. The molecule has 0 fully saturated rings. The van der Waals surface area contributed by atoms with Gasteiger partial charge in [0.25, 0.3) is 0 Å². The summed E-state index contributed by atoms with van der Waals surface area (Å²) in [5.74, 6) is 0.153. The fourth-order valence-corrected chi connectivity index (χ4v) is 7.50. The van der Waals surface area contributed by atoms with Crippen molar-refractivity contribution in [3.8, 4) is 22.3 Å². The molecule has 1 nitrogen and oxygen atoms in total. The molecule has 8 rings (SSSR count). The summed E-state index contributed by atoms with van der Waals surface area (Å²) in [6, 6.07) is 52.9. The molecular weight excluding hydrogens is 515 g/mol. The van der Waals surface area contributed by atoms with Gasteiger partial charge in [-0.2, -0.15) is 0 Å². The second kappa shape index (κ2) is 9.69. The van der Waals surface area contributed by atoms with Crippen molar-refractivity contribution in [1.29, 1.82) is 0 Å². The van der Waals surface area contributed by atoms with E-state index in [9.17, 15) is 0 Å². The first kappa shape index (κ1) is 24.0. The van der Waals surface area contributed by atoms with Crippen molar-refractivity contribution in [2.24, 2.45) is 0 Å². The standard InChI is InChI=1S/C39H27NS/c40-32-21-17-28(18-22-32)26-11-9-25(10-12-26)27-13-15-31(16-14-27)37-38-33-7-3-1-5-29(33)19-23-35(38)41-36-24-20-30-6-2-4-8-34(30)39(36)37/h1-24,37H,40H2. The third-order valence-corrected chi connectivity index (χ3v) is 9.52. The molecule has 2 N–H and O–H groups in total. The second-order valence-electron chi connectivity index (χ2n) is 10.8. The molecule has 0 bridgehead atoms. The summed E-state index contributed by atoms with van der Waals surface area (Å²) >= 11 is 1.90. The van der Waals surface area contributed by atoms with Gasteiger partial charge in [-0.15, -0.1) is 0 Å². The van der Waals surface area contributed by atoms with Crippen LogP contribution in [0.3, 0.4) is 0 Å². The van der Waals surface area contributed by atoms with E-state index < -0.39 is 0 Å². The van der Waals surface area contributed by atoms with Gasteiger partial charge >= 0.3 is 0 Å². The van der Waals surface area contributed by atoms with Crippen molar-refractivity contribution in [2.45, 2.75) is 15.7 Å². The third-order valence-electron chi connectivity index (χ3n) is 8.36. The van der Waals surface area contributed by atoms with E-state index in [1.807, 2.05) is 23.9 Å². The Kier molecular flexibility index (Phi) is 5.68. The Morgan fingerprint density at radius 2 is 0.829 bits per heavy atom. The SMILES string of the molecule is Nc1ccc(-c2ccc(-c3ccc(C4c5c(ccc6ccccc56)Sc5ccc6ccccc6c54)cc3)cc2)cc1. The van der Waals surface area contributed by atoms with Gasteiger partial charge in [0.15, 0.2) is 0 Å². The van der Waals surface area contributed by atoms with E-state index in [0.29, 0.717) is 0 Å². The number of rotatable bonds is 3. The van der Waals surface area contributed by atoms with Gasteiger partial charge in [-0.05, 0) is 84.8 Å². The highest BCUT2D eigenvalue weighted by atomic mass is 32.2. The Morgan fingerprint density at radius 3 is 1.32 bits per heavy atom. The molecule has 0 unspecified atom stereocenters. The number of benzene rings is 7. The summed E-state index contributed by atoms with van der Waals surface area (Å²) in [6.07, 6.45) is 0. The third kappa shape index (κ3) is 4.11. The zero-order chi connectivity index (χ0) is 27.3. The zero-order valence-corrected chi connectivity index (χ0v) is 23.2. The average Bonchev–Trinajstić information content (AvgIpc) is 3.04. The second-order valence-corrected chi connectivity index (χ2v) is 11.8. The molecule has 0 aliphatic carbocycles. The van der Waals surface area contributed by atoms with Crippen LogP contribution in [-0.2, 0) is 0 Å². The Balaban J connectivity index is 1.25. The van der Waals surface area contributed by atoms with Crippen LogP contribution in [0.1, 0.15) is 22.6 Å². The van der Waals surface area contributed by atoms with Crippen LogP contribution in [0.4, 0.5) is 5.69 Å². The number of nitrogen functional groups attached to an aromatic ring is 1. The van der Waals surface area contributed by atoms with E-state index in [-0.39, 0.29) is 5.92 Å². The van der Waals surface area contributed by atoms with Gasteiger partial charge in [0, 0.05) is 21.4 Å². The van der Waals surface area contributed by atoms with Crippen LogP contribution >= 0.6 is 11.8 Å². The van der Waals surface area contributed by atoms with Crippen LogP contribution < -0.4 is 5.73 Å². The Labute approximate surface area is 244 Å². The number of nitrogens with two attached hydrogens (primary N) is 1. The van der Waals surface area contributed by atoms with Gasteiger partial charge in [0.05, 0.1) is 0 Å². The van der Waals surface area contributed by atoms with Crippen molar-refractivity contribution < 1.29 is 0 Å². The van der Waals surface area contributed by atoms with Crippen molar-refractivity contribution in [3.05, 3.63) is 162 Å². The quantitative estimate of drug-likeness (QED) is 0.225. The van der Waals surface area contributed by atoms with Crippen LogP contribution in [0, 0.1) is 0 Å². The number of fused-ring (bicyclic) bond motifs is 6. The maximum Gasteiger partial charge on any atom is 0.0374 e. The minimum absolute atomic E-state index is 0.153. The average molecular weight is 542 g/mol. The van der Waals surface area contributed by atoms with Gasteiger partial charge in [-0.25, -0.2) is 0 Å². The van der Waals surface area contributed by atoms with E-state index in [1.165, 1.54) is 70.3 Å². The monoisotopic (exact) mass is 541 g/mol. The van der Waals surface area contributed by atoms with Crippen LogP contribution in [0.5, 0.6) is 0 Å². The Morgan fingerprint density at radius 1 is 0.415 bits per heavy atom. The summed E-state index contributed by atoms with van der Waals surface area (Å²) in [5, 5.41) is 5.25. The van der Waals surface area contributed by atoms with Crippen LogP contribution in [0.25, 0.3) is 43.8 Å². The molecule has 0 spiro atoms. The van der Waals surface area contributed by atoms with Gasteiger partial charge in [0.1, 0.15) is 0 Å². The van der Waals surface area contributed by atoms with Gasteiger partial charge in [-0.1, -0.05) is 133 Å². The topological polar surface area (TPSA) is 26.0 Å². The number of hydrogen-bond donors (Lipinski definition) is 1. The molecule has 0 atom stereocenters. The minimum Gasteiger partial charge on any atom is -0.399 e. The molecule has 194 valence electrons. The van der Waals surface area contributed by atoms with Crippen LogP contribution in [0.2, 0.25) is 0 Å². The summed E-state index contributed by atoms with van der Waals surface area (Å²) in [4.78, 5) is 2.69. The summed E-state index contributed by atoms with van der Waals surface area (Å²) in [5.41, 5.74) is 15.6. The molecule has 1 heterocycles. The Bertz CT molecular complexity index is 1970. The molecule has 7 aromatic rings. The van der Waals surface area contributed by atoms with Crippen molar-refractivity contribution in [1.82, 2.24) is 0 Å². The van der Waals surface area contributed by atoms with Crippen molar-refractivity contribution in [2.75, 3.05) is 5.73 Å². The molecule has 0 saturated carbocycles.